The summed E-state index contributed by atoms with van der Waals surface area (Å²) < 4.78 is 26.0. The van der Waals surface area contributed by atoms with Gasteiger partial charge in [-0.05, 0) is 37.8 Å². The van der Waals surface area contributed by atoms with Crippen LogP contribution in [-0.4, -0.2) is 32.4 Å². The van der Waals surface area contributed by atoms with Gasteiger partial charge in [0.25, 0.3) is 10.1 Å². The minimum atomic E-state index is -3.36. The molecule has 0 saturated carbocycles. The van der Waals surface area contributed by atoms with E-state index in [1.165, 1.54) is 11.3 Å². The molecule has 0 aliphatic heterocycles. The molecule has 1 aromatic rings. The van der Waals surface area contributed by atoms with Gasteiger partial charge in [0.2, 0.25) is 0 Å². The molecule has 0 bridgehead atoms. The van der Waals surface area contributed by atoms with Crippen LogP contribution in [0.25, 0.3) is 0 Å². The Bertz CT molecular complexity index is 516. The Balaban J connectivity index is 2.36. The Morgan fingerprint density at radius 1 is 1.44 bits per heavy atom. The summed E-state index contributed by atoms with van der Waals surface area (Å²) in [7, 11) is -3.36. The summed E-state index contributed by atoms with van der Waals surface area (Å²) in [6.45, 7) is 1.95. The van der Waals surface area contributed by atoms with Crippen molar-refractivity contribution in [2.24, 2.45) is 0 Å². The predicted molar refractivity (Wildman–Crippen MR) is 69.7 cm³/mol. The number of unbranched alkanes of at least 4 members (excludes halogenated alkanes) is 1. The molecular weight excluding hydrogens is 276 g/mol. The largest absolute Gasteiger partial charge is 0.477 e. The summed E-state index contributed by atoms with van der Waals surface area (Å²) in [5, 5.41) is 8.90. The summed E-state index contributed by atoms with van der Waals surface area (Å²) >= 11 is 1.27. The summed E-state index contributed by atoms with van der Waals surface area (Å²) in [5.41, 5.74) is 0.773. The van der Waals surface area contributed by atoms with E-state index in [1.807, 2.05) is 6.07 Å². The van der Waals surface area contributed by atoms with Crippen LogP contribution in [0.4, 0.5) is 0 Å². The number of carbonyl (C=O) groups is 1. The van der Waals surface area contributed by atoms with Crippen LogP contribution in [0.1, 0.15) is 33.0 Å². The topological polar surface area (TPSA) is 80.7 Å². The van der Waals surface area contributed by atoms with Crippen molar-refractivity contribution in [2.45, 2.75) is 26.2 Å². The average molecular weight is 292 g/mol. The van der Waals surface area contributed by atoms with E-state index in [4.69, 9.17) is 5.11 Å². The predicted octanol–water partition coefficient (Wildman–Crippen LogP) is 2.05. The molecule has 0 fully saturated rings. The smallest absolute Gasteiger partial charge is 0.346 e. The zero-order chi connectivity index (χ0) is 13.8. The van der Waals surface area contributed by atoms with Gasteiger partial charge in [-0.15, -0.1) is 11.3 Å². The average Bonchev–Trinajstić information content (AvgIpc) is 2.57. The maximum atomic E-state index is 10.8. The second-order valence-electron chi connectivity index (χ2n) is 4.01. The number of hydrogen-bond donors (Lipinski definition) is 1. The molecule has 7 heteroatoms. The van der Waals surface area contributed by atoms with Crippen LogP contribution in [0.5, 0.6) is 0 Å². The molecule has 0 spiro atoms. The molecule has 1 N–H and O–H groups in total. The second-order valence-corrected chi connectivity index (χ2v) is 6.79. The van der Waals surface area contributed by atoms with Gasteiger partial charge in [0, 0.05) is 4.88 Å². The molecule has 0 unspecified atom stereocenters. The van der Waals surface area contributed by atoms with Gasteiger partial charge in [0.1, 0.15) is 4.88 Å². The molecule has 0 aromatic carbocycles. The monoisotopic (exact) mass is 292 g/mol. The third-order valence-electron chi connectivity index (χ3n) is 2.28. The highest BCUT2D eigenvalue weighted by Crippen LogP contribution is 2.23. The Morgan fingerprint density at radius 2 is 2.11 bits per heavy atom. The van der Waals surface area contributed by atoms with E-state index in [9.17, 15) is 13.2 Å². The first-order valence-electron chi connectivity index (χ1n) is 5.46. The quantitative estimate of drug-likeness (QED) is 0.614. The Morgan fingerprint density at radius 3 is 2.61 bits per heavy atom. The lowest BCUT2D eigenvalue weighted by molar-refractivity contribution is 0.0701. The van der Waals surface area contributed by atoms with Gasteiger partial charge in [-0.25, -0.2) is 4.79 Å². The van der Waals surface area contributed by atoms with Crippen molar-refractivity contribution in [3.8, 4) is 0 Å². The number of rotatable bonds is 7. The first kappa shape index (κ1) is 15.1. The Kier molecular flexibility index (Phi) is 5.30. The van der Waals surface area contributed by atoms with Gasteiger partial charge in [0.15, 0.2) is 0 Å². The standard InChI is InChI=1S/C11H16O5S2/c1-8-7-9(17-10(8)11(12)13)5-3-4-6-16-18(2,14)15/h7H,3-6H2,1-2H3,(H,12,13). The van der Waals surface area contributed by atoms with Crippen molar-refractivity contribution in [2.75, 3.05) is 12.9 Å². The third kappa shape index (κ3) is 5.16. The number of aryl methyl sites for hydroxylation is 2. The van der Waals surface area contributed by atoms with Crippen LogP contribution in [-0.2, 0) is 20.7 Å². The van der Waals surface area contributed by atoms with Gasteiger partial charge in [-0.3, -0.25) is 4.18 Å². The molecule has 1 aromatic heterocycles. The molecule has 0 atom stereocenters. The number of carboxylic acid groups (broad SMARTS) is 1. The highest BCUT2D eigenvalue weighted by atomic mass is 32.2. The first-order valence-corrected chi connectivity index (χ1v) is 8.10. The van der Waals surface area contributed by atoms with Crippen LogP contribution < -0.4 is 0 Å². The molecular formula is C11H16O5S2. The van der Waals surface area contributed by atoms with Crippen LogP contribution in [0.15, 0.2) is 6.07 Å². The molecule has 0 aliphatic rings. The molecule has 1 heterocycles. The molecule has 0 saturated heterocycles. The lowest BCUT2D eigenvalue weighted by Gasteiger charge is -2.00. The van der Waals surface area contributed by atoms with Gasteiger partial charge in [-0.1, -0.05) is 0 Å². The van der Waals surface area contributed by atoms with E-state index >= 15 is 0 Å². The Labute approximate surface area is 111 Å². The lowest BCUT2D eigenvalue weighted by Crippen LogP contribution is -2.04. The summed E-state index contributed by atoms with van der Waals surface area (Å²) in [4.78, 5) is 12.2. The maximum Gasteiger partial charge on any atom is 0.346 e. The third-order valence-corrected chi connectivity index (χ3v) is 4.16. The van der Waals surface area contributed by atoms with E-state index in [0.717, 1.165) is 29.5 Å². The molecule has 0 aliphatic carbocycles. The SMILES string of the molecule is Cc1cc(CCCCOS(C)(=O)=O)sc1C(=O)O. The molecule has 18 heavy (non-hydrogen) atoms. The van der Waals surface area contributed by atoms with Crippen molar-refractivity contribution in [1.82, 2.24) is 0 Å². The number of thiophene rings is 1. The van der Waals surface area contributed by atoms with E-state index in [0.29, 0.717) is 11.3 Å². The fourth-order valence-corrected chi connectivity index (χ4v) is 2.97. The Hall–Kier alpha value is -0.920. The number of aromatic carboxylic acids is 1. The minimum Gasteiger partial charge on any atom is -0.477 e. The van der Waals surface area contributed by atoms with Crippen molar-refractivity contribution in [1.29, 1.82) is 0 Å². The van der Waals surface area contributed by atoms with Crippen molar-refractivity contribution < 1.29 is 22.5 Å². The van der Waals surface area contributed by atoms with Crippen LogP contribution in [0.2, 0.25) is 0 Å². The zero-order valence-electron chi connectivity index (χ0n) is 10.3. The maximum absolute atomic E-state index is 10.8. The number of carboxylic acids is 1. The van der Waals surface area contributed by atoms with Gasteiger partial charge >= 0.3 is 5.97 Å². The molecule has 0 amide bonds. The van der Waals surface area contributed by atoms with Gasteiger partial charge in [0.05, 0.1) is 12.9 Å². The van der Waals surface area contributed by atoms with Crippen molar-refractivity contribution >= 4 is 27.4 Å². The van der Waals surface area contributed by atoms with Crippen molar-refractivity contribution in [3.63, 3.8) is 0 Å². The van der Waals surface area contributed by atoms with Gasteiger partial charge < -0.3 is 5.11 Å². The lowest BCUT2D eigenvalue weighted by atomic mass is 10.2. The summed E-state index contributed by atoms with van der Waals surface area (Å²) in [5.74, 6) is -0.899. The van der Waals surface area contributed by atoms with E-state index < -0.39 is 16.1 Å². The highest BCUT2D eigenvalue weighted by molar-refractivity contribution is 7.85. The minimum absolute atomic E-state index is 0.176. The fourth-order valence-electron chi connectivity index (χ4n) is 1.50. The van der Waals surface area contributed by atoms with E-state index in [1.54, 1.807) is 6.92 Å². The molecule has 102 valence electrons. The summed E-state index contributed by atoms with van der Waals surface area (Å²) in [6, 6.07) is 1.87. The van der Waals surface area contributed by atoms with Crippen LogP contribution in [0, 0.1) is 6.92 Å². The van der Waals surface area contributed by atoms with Gasteiger partial charge in [-0.2, -0.15) is 8.42 Å². The van der Waals surface area contributed by atoms with E-state index in [2.05, 4.69) is 4.18 Å². The van der Waals surface area contributed by atoms with Crippen LogP contribution >= 0.6 is 11.3 Å². The molecule has 0 radical (unpaired) electrons. The van der Waals surface area contributed by atoms with Crippen LogP contribution in [0.3, 0.4) is 0 Å². The zero-order valence-corrected chi connectivity index (χ0v) is 11.9. The molecule has 5 nitrogen and oxygen atoms in total. The normalized spacial score (nSPS) is 11.7. The van der Waals surface area contributed by atoms with Crippen molar-refractivity contribution in [3.05, 3.63) is 21.4 Å². The highest BCUT2D eigenvalue weighted by Gasteiger charge is 2.11. The molecule has 1 rings (SSSR count). The summed E-state index contributed by atoms with van der Waals surface area (Å²) in [6.07, 6.45) is 3.17. The second kappa shape index (κ2) is 6.31. The number of hydrogen-bond acceptors (Lipinski definition) is 5. The fraction of sp³-hybridized carbons (Fsp3) is 0.545. The van der Waals surface area contributed by atoms with E-state index in [-0.39, 0.29) is 6.61 Å². The first-order chi connectivity index (χ1) is 8.29.